The van der Waals surface area contributed by atoms with Gasteiger partial charge in [0.2, 0.25) is 0 Å². The van der Waals surface area contributed by atoms with Gasteiger partial charge in [-0.05, 0) is 87.2 Å². The van der Waals surface area contributed by atoms with Crippen LogP contribution in [0.5, 0.6) is 5.75 Å². The van der Waals surface area contributed by atoms with Gasteiger partial charge in [0.05, 0.1) is 19.4 Å². The number of nitrogens with zero attached hydrogens (tertiary/aromatic N) is 2. The predicted octanol–water partition coefficient (Wildman–Crippen LogP) is 3.60. The molecule has 0 aliphatic carbocycles. The number of carbonyl (C=O) groups excluding carboxylic acids is 2. The number of methoxy groups -OCH3 is 1. The first-order valence-corrected chi connectivity index (χ1v) is 11.7. The van der Waals surface area contributed by atoms with Crippen molar-refractivity contribution in [3.05, 3.63) is 65.7 Å². The Morgan fingerprint density at radius 1 is 1.03 bits per heavy atom. The number of hydrazone groups is 1. The molecule has 1 aliphatic rings. The van der Waals surface area contributed by atoms with Crippen molar-refractivity contribution in [1.29, 1.82) is 0 Å². The third kappa shape index (κ3) is 8.02. The molecule has 0 spiro atoms. The molecule has 2 amide bonds. The van der Waals surface area contributed by atoms with Crippen LogP contribution in [0.2, 0.25) is 0 Å². The fourth-order valence-corrected chi connectivity index (χ4v) is 4.00. The summed E-state index contributed by atoms with van der Waals surface area (Å²) in [4.78, 5) is 27.4. The molecule has 0 bridgehead atoms. The normalized spacial score (nSPS) is 15.2. The van der Waals surface area contributed by atoms with E-state index in [4.69, 9.17) is 4.74 Å². The average molecular weight is 451 g/mol. The standard InChI is InChI=1S/C26H34N4O3/c1-33-23-15-13-21(14-16-23)20-28-29-26(32)24(30-18-8-3-9-19-30)12-6-7-17-27-25(31)22-10-4-2-5-11-22/h2,4-5,10-11,13-16,20,24H,3,6-9,12,17-19H2,1H3,(H,27,31)(H,29,32)/b28-20+. The topological polar surface area (TPSA) is 83.0 Å². The highest BCUT2D eigenvalue weighted by Crippen LogP contribution is 2.17. The summed E-state index contributed by atoms with van der Waals surface area (Å²) in [7, 11) is 1.63. The van der Waals surface area contributed by atoms with Crippen LogP contribution in [-0.2, 0) is 4.79 Å². The van der Waals surface area contributed by atoms with Crippen LogP contribution >= 0.6 is 0 Å². The summed E-state index contributed by atoms with van der Waals surface area (Å²) in [6.45, 7) is 2.47. The Hall–Kier alpha value is -3.19. The number of unbranched alkanes of at least 4 members (excludes halogenated alkanes) is 1. The first kappa shape index (κ1) is 24.5. The second-order valence-corrected chi connectivity index (χ2v) is 8.24. The number of ether oxygens (including phenoxy) is 1. The van der Waals surface area contributed by atoms with Crippen molar-refractivity contribution in [2.24, 2.45) is 5.10 Å². The van der Waals surface area contributed by atoms with Gasteiger partial charge in [-0.3, -0.25) is 14.5 Å². The fraction of sp³-hybridized carbons (Fsp3) is 0.423. The number of piperidine rings is 1. The molecule has 7 nitrogen and oxygen atoms in total. The third-order valence-electron chi connectivity index (χ3n) is 5.86. The molecule has 1 atom stereocenters. The van der Waals surface area contributed by atoms with Crippen LogP contribution in [0.15, 0.2) is 59.7 Å². The van der Waals surface area contributed by atoms with Gasteiger partial charge in [0.15, 0.2) is 0 Å². The highest BCUT2D eigenvalue weighted by molar-refractivity contribution is 5.94. The number of rotatable bonds is 11. The molecule has 7 heteroatoms. The Balaban J connectivity index is 1.47. The summed E-state index contributed by atoms with van der Waals surface area (Å²) < 4.78 is 5.16. The largest absolute Gasteiger partial charge is 0.497 e. The van der Waals surface area contributed by atoms with E-state index >= 15 is 0 Å². The van der Waals surface area contributed by atoms with Crippen molar-refractivity contribution in [2.75, 3.05) is 26.7 Å². The fourth-order valence-electron chi connectivity index (χ4n) is 4.00. The van der Waals surface area contributed by atoms with Gasteiger partial charge in [-0.25, -0.2) is 5.43 Å². The van der Waals surface area contributed by atoms with E-state index < -0.39 is 0 Å². The first-order chi connectivity index (χ1) is 16.2. The summed E-state index contributed by atoms with van der Waals surface area (Å²) >= 11 is 0. The molecule has 0 saturated carbocycles. The highest BCUT2D eigenvalue weighted by atomic mass is 16.5. The zero-order chi connectivity index (χ0) is 23.3. The molecule has 1 heterocycles. The number of amides is 2. The van der Waals surface area contributed by atoms with Crippen LogP contribution in [0.4, 0.5) is 0 Å². The van der Waals surface area contributed by atoms with E-state index in [1.54, 1.807) is 25.5 Å². The van der Waals surface area contributed by atoms with E-state index in [9.17, 15) is 9.59 Å². The van der Waals surface area contributed by atoms with Crippen molar-refractivity contribution < 1.29 is 14.3 Å². The molecule has 176 valence electrons. The molecule has 0 aromatic heterocycles. The minimum absolute atomic E-state index is 0.0613. The van der Waals surface area contributed by atoms with Crippen molar-refractivity contribution in [3.63, 3.8) is 0 Å². The maximum Gasteiger partial charge on any atom is 0.257 e. The molecule has 0 radical (unpaired) electrons. The van der Waals surface area contributed by atoms with Gasteiger partial charge in [0.1, 0.15) is 5.75 Å². The van der Waals surface area contributed by atoms with Crippen LogP contribution in [0.25, 0.3) is 0 Å². The smallest absolute Gasteiger partial charge is 0.257 e. The second kappa shape index (κ2) is 13.4. The van der Waals surface area contributed by atoms with Gasteiger partial charge in [0.25, 0.3) is 11.8 Å². The molecule has 33 heavy (non-hydrogen) atoms. The molecule has 1 aliphatic heterocycles. The van der Waals surface area contributed by atoms with Crippen LogP contribution in [0, 0.1) is 0 Å². The molecule has 2 aromatic rings. The summed E-state index contributed by atoms with van der Waals surface area (Å²) in [5.74, 6) is 0.644. The van der Waals surface area contributed by atoms with Gasteiger partial charge in [-0.1, -0.05) is 24.6 Å². The summed E-state index contributed by atoms with van der Waals surface area (Å²) in [5, 5.41) is 7.12. The maximum absolute atomic E-state index is 12.9. The van der Waals surface area contributed by atoms with E-state index in [1.807, 2.05) is 42.5 Å². The van der Waals surface area contributed by atoms with Crippen LogP contribution < -0.4 is 15.5 Å². The molecular weight excluding hydrogens is 416 g/mol. The maximum atomic E-state index is 12.9. The Bertz CT molecular complexity index is 894. The molecule has 2 aromatic carbocycles. The van der Waals surface area contributed by atoms with E-state index in [2.05, 4.69) is 20.7 Å². The number of hydrogen-bond donors (Lipinski definition) is 2. The van der Waals surface area contributed by atoms with Crippen LogP contribution in [0.3, 0.4) is 0 Å². The highest BCUT2D eigenvalue weighted by Gasteiger charge is 2.26. The Kier molecular flexibility index (Phi) is 9.91. The summed E-state index contributed by atoms with van der Waals surface area (Å²) in [6.07, 6.45) is 7.51. The van der Waals surface area contributed by atoms with E-state index in [1.165, 1.54) is 6.42 Å². The monoisotopic (exact) mass is 450 g/mol. The Morgan fingerprint density at radius 3 is 2.45 bits per heavy atom. The second-order valence-electron chi connectivity index (χ2n) is 8.24. The van der Waals surface area contributed by atoms with E-state index in [-0.39, 0.29) is 17.9 Å². The quantitative estimate of drug-likeness (QED) is 0.311. The molecular formula is C26H34N4O3. The molecule has 1 unspecified atom stereocenters. The predicted molar refractivity (Wildman–Crippen MR) is 131 cm³/mol. The van der Waals surface area contributed by atoms with Gasteiger partial charge < -0.3 is 10.1 Å². The van der Waals surface area contributed by atoms with Crippen LogP contribution in [-0.4, -0.2) is 55.7 Å². The average Bonchev–Trinajstić information content (AvgIpc) is 2.87. The molecule has 1 saturated heterocycles. The van der Waals surface area contributed by atoms with Crippen molar-refractivity contribution in [3.8, 4) is 5.75 Å². The van der Waals surface area contributed by atoms with Gasteiger partial charge >= 0.3 is 0 Å². The number of nitrogens with one attached hydrogen (secondary N) is 2. The zero-order valence-corrected chi connectivity index (χ0v) is 19.3. The SMILES string of the molecule is COc1ccc(/C=N/NC(=O)C(CCCCNC(=O)c2ccccc2)N2CCCCC2)cc1. The zero-order valence-electron chi connectivity index (χ0n) is 19.3. The lowest BCUT2D eigenvalue weighted by Gasteiger charge is -2.33. The number of hydrogen-bond acceptors (Lipinski definition) is 5. The summed E-state index contributed by atoms with van der Waals surface area (Å²) in [6, 6.07) is 16.5. The van der Waals surface area contributed by atoms with Gasteiger partial charge in [-0.15, -0.1) is 0 Å². The van der Waals surface area contributed by atoms with E-state index in [0.29, 0.717) is 12.1 Å². The van der Waals surface area contributed by atoms with Gasteiger partial charge in [-0.2, -0.15) is 5.10 Å². The first-order valence-electron chi connectivity index (χ1n) is 11.7. The third-order valence-corrected chi connectivity index (χ3v) is 5.86. The lowest BCUT2D eigenvalue weighted by molar-refractivity contribution is -0.127. The molecule has 3 rings (SSSR count). The van der Waals surface area contributed by atoms with Crippen molar-refractivity contribution in [1.82, 2.24) is 15.6 Å². The Morgan fingerprint density at radius 2 is 1.76 bits per heavy atom. The Labute approximate surface area is 196 Å². The van der Waals surface area contributed by atoms with Crippen molar-refractivity contribution >= 4 is 18.0 Å². The molecule has 2 N–H and O–H groups in total. The van der Waals surface area contributed by atoms with E-state index in [0.717, 1.165) is 56.5 Å². The molecule has 1 fully saturated rings. The number of likely N-dealkylation sites (tertiary alicyclic amines) is 1. The van der Waals surface area contributed by atoms with Crippen molar-refractivity contribution in [2.45, 2.75) is 44.6 Å². The number of carbonyl (C=O) groups is 2. The minimum atomic E-state index is -0.205. The number of benzene rings is 2. The minimum Gasteiger partial charge on any atom is -0.497 e. The lowest BCUT2D eigenvalue weighted by atomic mass is 10.0. The van der Waals surface area contributed by atoms with Gasteiger partial charge in [0, 0.05) is 12.1 Å². The summed E-state index contributed by atoms with van der Waals surface area (Å²) in [5.41, 5.74) is 4.28. The lowest BCUT2D eigenvalue weighted by Crippen LogP contribution is -2.47. The van der Waals surface area contributed by atoms with Crippen LogP contribution in [0.1, 0.15) is 54.4 Å².